The smallest absolute Gasteiger partial charge is 0.211 e. The summed E-state index contributed by atoms with van der Waals surface area (Å²) in [6.07, 6.45) is 3.75. The van der Waals surface area contributed by atoms with Gasteiger partial charge in [-0.25, -0.2) is 27.1 Å². The minimum Gasteiger partial charge on any atom is -0.326 e. The first-order chi connectivity index (χ1) is 12.3. The van der Waals surface area contributed by atoms with Crippen molar-refractivity contribution in [3.63, 3.8) is 0 Å². The van der Waals surface area contributed by atoms with Crippen molar-refractivity contribution in [1.29, 1.82) is 0 Å². The largest absolute Gasteiger partial charge is 0.326 e. The molecule has 1 N–H and O–H groups in total. The first kappa shape index (κ1) is 19.3. The molecule has 7 nitrogen and oxygen atoms in total. The summed E-state index contributed by atoms with van der Waals surface area (Å²) in [5, 5.41) is 3.08. The SMILES string of the molecule is CS(=O)(=O)N1CCC(N2C(Nc3ccc(F)c(Cl)c3)=NC=NC2Cl)CC1. The van der Waals surface area contributed by atoms with E-state index in [1.54, 1.807) is 11.0 Å². The molecule has 1 aromatic carbocycles. The second-order valence-corrected chi connectivity index (χ2v) is 8.86. The number of rotatable bonds is 3. The van der Waals surface area contributed by atoms with Crippen LogP contribution in [0.2, 0.25) is 5.02 Å². The van der Waals surface area contributed by atoms with Crippen molar-refractivity contribution in [3.05, 3.63) is 29.0 Å². The predicted molar refractivity (Wildman–Crippen MR) is 102 cm³/mol. The molecule has 1 saturated heterocycles. The molecule has 0 aromatic heterocycles. The highest BCUT2D eigenvalue weighted by atomic mass is 35.5. The summed E-state index contributed by atoms with van der Waals surface area (Å²) < 4.78 is 38.2. The lowest BCUT2D eigenvalue weighted by atomic mass is 10.1. The van der Waals surface area contributed by atoms with Crippen LogP contribution < -0.4 is 5.32 Å². The second-order valence-electron chi connectivity index (χ2n) is 6.08. The Morgan fingerprint density at radius 1 is 1.31 bits per heavy atom. The maximum atomic E-state index is 13.3. The van der Waals surface area contributed by atoms with Crippen molar-refractivity contribution in [2.75, 3.05) is 24.7 Å². The average Bonchev–Trinajstić information content (AvgIpc) is 2.58. The van der Waals surface area contributed by atoms with Gasteiger partial charge >= 0.3 is 0 Å². The molecule has 142 valence electrons. The number of benzene rings is 1. The van der Waals surface area contributed by atoms with Crippen LogP contribution in [0, 0.1) is 5.82 Å². The van der Waals surface area contributed by atoms with Gasteiger partial charge in [-0.2, -0.15) is 0 Å². The summed E-state index contributed by atoms with van der Waals surface area (Å²) in [6, 6.07) is 4.23. The lowest BCUT2D eigenvalue weighted by Crippen LogP contribution is -2.53. The molecular formula is C15H18Cl2FN5O2S. The van der Waals surface area contributed by atoms with Gasteiger partial charge in [-0.15, -0.1) is 0 Å². The molecule has 1 fully saturated rings. The summed E-state index contributed by atoms with van der Waals surface area (Å²) in [5.41, 5.74) is -0.103. The van der Waals surface area contributed by atoms with E-state index in [2.05, 4.69) is 15.3 Å². The molecule has 2 aliphatic rings. The Kier molecular flexibility index (Phi) is 5.71. The molecule has 1 aromatic rings. The van der Waals surface area contributed by atoms with Crippen molar-refractivity contribution in [1.82, 2.24) is 9.21 Å². The molecule has 3 rings (SSSR count). The molecule has 1 atom stereocenters. The number of nitrogens with zero attached hydrogens (tertiary/aromatic N) is 4. The van der Waals surface area contributed by atoms with Crippen LogP contribution >= 0.6 is 23.2 Å². The Morgan fingerprint density at radius 2 is 2.00 bits per heavy atom. The number of piperidine rings is 1. The zero-order valence-electron chi connectivity index (χ0n) is 13.9. The fourth-order valence-corrected chi connectivity index (χ4v) is 4.34. The van der Waals surface area contributed by atoms with Crippen LogP contribution in [0.4, 0.5) is 10.1 Å². The van der Waals surface area contributed by atoms with Gasteiger partial charge in [0, 0.05) is 24.8 Å². The molecule has 0 amide bonds. The maximum absolute atomic E-state index is 13.3. The van der Waals surface area contributed by atoms with E-state index in [-0.39, 0.29) is 11.1 Å². The Morgan fingerprint density at radius 3 is 2.62 bits per heavy atom. The first-order valence-corrected chi connectivity index (χ1v) is 10.6. The van der Waals surface area contributed by atoms with Gasteiger partial charge in [0.15, 0.2) is 0 Å². The Labute approximate surface area is 161 Å². The molecule has 0 saturated carbocycles. The molecule has 0 bridgehead atoms. The lowest BCUT2D eigenvalue weighted by Gasteiger charge is -2.41. The standard InChI is InChI=1S/C15H18Cl2FN5O2S/c1-26(24,25)22-6-4-11(5-7-22)23-14(17)19-9-20-15(23)21-10-2-3-13(18)12(16)8-10/h2-3,8-9,11,14H,4-7H2,1H3,(H,19,20,21). The van der Waals surface area contributed by atoms with E-state index < -0.39 is 21.5 Å². The monoisotopic (exact) mass is 421 g/mol. The van der Waals surface area contributed by atoms with Crippen molar-refractivity contribution < 1.29 is 12.8 Å². The van der Waals surface area contributed by atoms with Crippen LogP contribution in [-0.2, 0) is 10.0 Å². The van der Waals surface area contributed by atoms with Gasteiger partial charge in [0.05, 0.1) is 11.3 Å². The molecule has 2 heterocycles. The lowest BCUT2D eigenvalue weighted by molar-refractivity contribution is 0.199. The molecule has 11 heteroatoms. The number of nitrogens with one attached hydrogen (secondary N) is 1. The van der Waals surface area contributed by atoms with E-state index in [4.69, 9.17) is 23.2 Å². The summed E-state index contributed by atoms with van der Waals surface area (Å²) in [4.78, 5) is 10.1. The molecule has 0 spiro atoms. The number of alkyl halides is 1. The number of aliphatic imine (C=N–C) groups is 2. The Balaban J connectivity index is 1.75. The van der Waals surface area contributed by atoms with E-state index >= 15 is 0 Å². The summed E-state index contributed by atoms with van der Waals surface area (Å²) >= 11 is 12.2. The molecular weight excluding hydrogens is 404 g/mol. The number of sulfonamides is 1. The van der Waals surface area contributed by atoms with Gasteiger partial charge in [0.2, 0.25) is 21.6 Å². The molecule has 2 aliphatic heterocycles. The van der Waals surface area contributed by atoms with Crippen molar-refractivity contribution >= 4 is 51.2 Å². The molecule has 0 radical (unpaired) electrons. The van der Waals surface area contributed by atoms with Gasteiger partial charge in [0.1, 0.15) is 12.2 Å². The summed E-state index contributed by atoms with van der Waals surface area (Å²) in [6.45, 7) is 0.811. The van der Waals surface area contributed by atoms with Crippen LogP contribution in [0.5, 0.6) is 0 Å². The fourth-order valence-electron chi connectivity index (χ4n) is 2.98. The first-order valence-electron chi connectivity index (χ1n) is 7.95. The van der Waals surface area contributed by atoms with Gasteiger partial charge in [-0.3, -0.25) is 0 Å². The highest BCUT2D eigenvalue weighted by Gasteiger charge is 2.34. The molecule has 26 heavy (non-hydrogen) atoms. The normalized spacial score (nSPS) is 22.4. The van der Waals surface area contributed by atoms with E-state index in [0.717, 1.165) is 0 Å². The predicted octanol–water partition coefficient (Wildman–Crippen LogP) is 2.54. The van der Waals surface area contributed by atoms with Crippen molar-refractivity contribution in [2.45, 2.75) is 24.5 Å². The van der Waals surface area contributed by atoms with Crippen molar-refractivity contribution in [2.24, 2.45) is 9.98 Å². The number of hydrogen-bond acceptors (Lipinski definition) is 6. The Bertz CT molecular complexity index is 840. The highest BCUT2D eigenvalue weighted by molar-refractivity contribution is 7.88. The minimum atomic E-state index is -3.21. The molecule has 1 unspecified atom stereocenters. The topological polar surface area (TPSA) is 77.4 Å². The second kappa shape index (κ2) is 7.67. The third-order valence-corrected chi connectivity index (χ3v) is 6.22. The van der Waals surface area contributed by atoms with E-state index in [9.17, 15) is 12.8 Å². The number of guanidine groups is 1. The third kappa shape index (κ3) is 4.28. The van der Waals surface area contributed by atoms with Gasteiger partial charge < -0.3 is 10.2 Å². The number of halogens is 3. The van der Waals surface area contributed by atoms with Gasteiger partial charge in [0.25, 0.3) is 0 Å². The van der Waals surface area contributed by atoms with Crippen LogP contribution in [0.3, 0.4) is 0 Å². The number of hydrogen-bond donors (Lipinski definition) is 1. The van der Waals surface area contributed by atoms with Crippen molar-refractivity contribution in [3.8, 4) is 0 Å². The quantitative estimate of drug-likeness (QED) is 0.600. The zero-order chi connectivity index (χ0) is 18.9. The van der Waals surface area contributed by atoms with Gasteiger partial charge in [-0.1, -0.05) is 23.2 Å². The van der Waals surface area contributed by atoms with Crippen LogP contribution in [0.1, 0.15) is 12.8 Å². The van der Waals surface area contributed by atoms with E-state index in [1.807, 2.05) is 0 Å². The van der Waals surface area contributed by atoms with Crippen LogP contribution in [-0.4, -0.2) is 60.9 Å². The highest BCUT2D eigenvalue weighted by Crippen LogP contribution is 2.26. The van der Waals surface area contributed by atoms with Gasteiger partial charge in [-0.05, 0) is 31.0 Å². The fraction of sp³-hybridized carbons (Fsp3) is 0.467. The summed E-state index contributed by atoms with van der Waals surface area (Å²) in [7, 11) is -3.21. The van der Waals surface area contributed by atoms with E-state index in [1.165, 1.54) is 29.0 Å². The third-order valence-electron chi connectivity index (χ3n) is 4.31. The Hall–Kier alpha value is -1.42. The molecule has 0 aliphatic carbocycles. The number of anilines is 1. The van der Waals surface area contributed by atoms with Crippen LogP contribution in [0.25, 0.3) is 0 Å². The zero-order valence-corrected chi connectivity index (χ0v) is 16.3. The minimum absolute atomic E-state index is 0.00416. The maximum Gasteiger partial charge on any atom is 0.211 e. The average molecular weight is 422 g/mol. The summed E-state index contributed by atoms with van der Waals surface area (Å²) in [5.74, 6) is -0.0509. The van der Waals surface area contributed by atoms with Crippen LogP contribution in [0.15, 0.2) is 28.2 Å². The van der Waals surface area contributed by atoms with E-state index in [0.29, 0.717) is 37.6 Å².